The van der Waals surface area contributed by atoms with Crippen molar-refractivity contribution in [2.45, 2.75) is 6.61 Å². The Morgan fingerprint density at radius 2 is 2.36 bits per heavy atom. The van der Waals surface area contributed by atoms with Gasteiger partial charge in [-0.3, -0.25) is 4.84 Å². The molecule has 14 heavy (non-hydrogen) atoms. The van der Waals surface area contributed by atoms with Crippen LogP contribution >= 0.6 is 11.3 Å². The molecule has 1 aromatic carbocycles. The fourth-order valence-corrected chi connectivity index (χ4v) is 2.30. The van der Waals surface area contributed by atoms with Crippen molar-refractivity contribution < 1.29 is 9.23 Å². The zero-order valence-electron chi connectivity index (χ0n) is 7.71. The Morgan fingerprint density at radius 1 is 1.50 bits per heavy atom. The van der Waals surface area contributed by atoms with Gasteiger partial charge in [0.15, 0.2) is 0 Å². The zero-order valence-corrected chi connectivity index (χ0v) is 8.53. The normalized spacial score (nSPS) is 11.0. The standard InChI is InChI=1S/C10H10FNOS/c1-12-13-5-7-6-14-10-8(7)3-2-4-9(10)11/h2-4,6,12H,5H2,1H3. The molecule has 0 spiro atoms. The van der Waals surface area contributed by atoms with E-state index in [0.717, 1.165) is 10.9 Å². The summed E-state index contributed by atoms with van der Waals surface area (Å²) >= 11 is 1.41. The highest BCUT2D eigenvalue weighted by atomic mass is 32.1. The lowest BCUT2D eigenvalue weighted by molar-refractivity contribution is 0.0453. The summed E-state index contributed by atoms with van der Waals surface area (Å²) in [7, 11) is 1.70. The lowest BCUT2D eigenvalue weighted by Gasteiger charge is -1.99. The summed E-state index contributed by atoms with van der Waals surface area (Å²) in [6.45, 7) is 0.458. The van der Waals surface area contributed by atoms with E-state index in [1.165, 1.54) is 17.4 Å². The molecule has 0 saturated carbocycles. The minimum atomic E-state index is -0.164. The Labute approximate surface area is 85.3 Å². The Morgan fingerprint density at radius 3 is 3.14 bits per heavy atom. The van der Waals surface area contributed by atoms with Gasteiger partial charge in [0.25, 0.3) is 0 Å². The predicted molar refractivity (Wildman–Crippen MR) is 55.6 cm³/mol. The van der Waals surface area contributed by atoms with E-state index in [0.29, 0.717) is 11.3 Å². The van der Waals surface area contributed by atoms with Crippen LogP contribution in [0.3, 0.4) is 0 Å². The molecule has 74 valence electrons. The van der Waals surface area contributed by atoms with E-state index < -0.39 is 0 Å². The summed E-state index contributed by atoms with van der Waals surface area (Å²) in [6, 6.07) is 5.10. The van der Waals surface area contributed by atoms with Crippen LogP contribution in [0.4, 0.5) is 4.39 Å². The molecule has 1 N–H and O–H groups in total. The summed E-state index contributed by atoms with van der Waals surface area (Å²) in [6.07, 6.45) is 0. The average Bonchev–Trinajstić information content (AvgIpc) is 2.60. The minimum Gasteiger partial charge on any atom is -0.297 e. The largest absolute Gasteiger partial charge is 0.297 e. The van der Waals surface area contributed by atoms with Crippen molar-refractivity contribution in [3.05, 3.63) is 35.0 Å². The number of halogens is 1. The number of hydroxylamine groups is 1. The van der Waals surface area contributed by atoms with E-state index in [9.17, 15) is 4.39 Å². The maximum Gasteiger partial charge on any atom is 0.140 e. The third kappa shape index (κ3) is 1.64. The maximum absolute atomic E-state index is 13.3. The van der Waals surface area contributed by atoms with Gasteiger partial charge in [0, 0.05) is 12.4 Å². The second kappa shape index (κ2) is 4.04. The number of hydrogen-bond donors (Lipinski definition) is 1. The number of thiophene rings is 1. The molecule has 1 aromatic heterocycles. The lowest BCUT2D eigenvalue weighted by atomic mass is 10.2. The topological polar surface area (TPSA) is 21.3 Å². The monoisotopic (exact) mass is 211 g/mol. The molecule has 0 bridgehead atoms. The fraction of sp³-hybridized carbons (Fsp3) is 0.200. The first-order valence-electron chi connectivity index (χ1n) is 4.26. The van der Waals surface area contributed by atoms with Crippen LogP contribution in [0.5, 0.6) is 0 Å². The number of fused-ring (bicyclic) bond motifs is 1. The SMILES string of the molecule is CNOCc1csc2c(F)cccc12. The van der Waals surface area contributed by atoms with Crippen LogP contribution < -0.4 is 5.48 Å². The molecule has 0 unspecified atom stereocenters. The van der Waals surface area contributed by atoms with Crippen molar-refractivity contribution >= 4 is 21.4 Å². The Hall–Kier alpha value is -0.970. The maximum atomic E-state index is 13.3. The van der Waals surface area contributed by atoms with Crippen LogP contribution in [-0.4, -0.2) is 7.05 Å². The third-order valence-electron chi connectivity index (χ3n) is 2.00. The summed E-state index contributed by atoms with van der Waals surface area (Å²) in [4.78, 5) is 5.06. The van der Waals surface area contributed by atoms with Crippen LogP contribution in [0.1, 0.15) is 5.56 Å². The summed E-state index contributed by atoms with van der Waals surface area (Å²) in [5, 5.41) is 2.86. The van der Waals surface area contributed by atoms with Crippen molar-refractivity contribution in [1.82, 2.24) is 5.48 Å². The fourth-order valence-electron chi connectivity index (χ4n) is 1.34. The van der Waals surface area contributed by atoms with Gasteiger partial charge in [-0.15, -0.1) is 11.3 Å². The molecule has 0 aliphatic carbocycles. The van der Waals surface area contributed by atoms with Crippen LogP contribution in [0.15, 0.2) is 23.6 Å². The van der Waals surface area contributed by atoms with E-state index in [1.807, 2.05) is 11.4 Å². The second-order valence-electron chi connectivity index (χ2n) is 2.87. The summed E-state index contributed by atoms with van der Waals surface area (Å²) < 4.78 is 14.0. The van der Waals surface area contributed by atoms with Crippen molar-refractivity contribution in [3.63, 3.8) is 0 Å². The Kier molecular flexibility index (Phi) is 2.77. The quantitative estimate of drug-likeness (QED) is 0.788. The van der Waals surface area contributed by atoms with E-state index in [4.69, 9.17) is 4.84 Å². The minimum absolute atomic E-state index is 0.164. The summed E-state index contributed by atoms with van der Waals surface area (Å²) in [5.41, 5.74) is 3.61. The third-order valence-corrected chi connectivity index (χ3v) is 3.06. The highest BCUT2D eigenvalue weighted by molar-refractivity contribution is 7.17. The van der Waals surface area contributed by atoms with E-state index in [-0.39, 0.29) is 5.82 Å². The van der Waals surface area contributed by atoms with E-state index in [2.05, 4.69) is 5.48 Å². The molecule has 0 fully saturated rings. The van der Waals surface area contributed by atoms with Crippen molar-refractivity contribution in [2.75, 3.05) is 7.05 Å². The van der Waals surface area contributed by atoms with Crippen LogP contribution in [-0.2, 0) is 11.4 Å². The smallest absolute Gasteiger partial charge is 0.140 e. The van der Waals surface area contributed by atoms with E-state index >= 15 is 0 Å². The van der Waals surface area contributed by atoms with Gasteiger partial charge < -0.3 is 0 Å². The Bertz CT molecular complexity index is 441. The van der Waals surface area contributed by atoms with Crippen LogP contribution in [0.25, 0.3) is 10.1 Å². The molecule has 2 aromatic rings. The first-order chi connectivity index (χ1) is 6.83. The molecular weight excluding hydrogens is 201 g/mol. The van der Waals surface area contributed by atoms with Crippen molar-refractivity contribution in [2.24, 2.45) is 0 Å². The first-order valence-corrected chi connectivity index (χ1v) is 5.14. The molecule has 0 radical (unpaired) electrons. The molecule has 0 atom stereocenters. The molecule has 1 heterocycles. The molecule has 0 aliphatic rings. The van der Waals surface area contributed by atoms with Gasteiger partial charge in [-0.05, 0) is 17.0 Å². The number of rotatable bonds is 3. The average molecular weight is 211 g/mol. The highest BCUT2D eigenvalue weighted by Gasteiger charge is 2.07. The van der Waals surface area contributed by atoms with E-state index in [1.54, 1.807) is 13.1 Å². The zero-order chi connectivity index (χ0) is 9.97. The predicted octanol–water partition coefficient (Wildman–Crippen LogP) is 2.69. The molecular formula is C10H10FNOS. The van der Waals surface area contributed by atoms with Gasteiger partial charge in [-0.25, -0.2) is 9.87 Å². The molecule has 4 heteroatoms. The van der Waals surface area contributed by atoms with Gasteiger partial charge in [0.05, 0.1) is 11.3 Å². The van der Waals surface area contributed by atoms with Crippen LogP contribution in [0, 0.1) is 5.82 Å². The van der Waals surface area contributed by atoms with Gasteiger partial charge in [0.1, 0.15) is 5.82 Å². The number of nitrogens with one attached hydrogen (secondary N) is 1. The second-order valence-corrected chi connectivity index (χ2v) is 3.75. The van der Waals surface area contributed by atoms with Gasteiger partial charge in [-0.2, -0.15) is 0 Å². The molecule has 0 aliphatic heterocycles. The Balaban J connectivity index is 2.42. The van der Waals surface area contributed by atoms with Gasteiger partial charge >= 0.3 is 0 Å². The first kappa shape index (κ1) is 9.58. The van der Waals surface area contributed by atoms with Gasteiger partial charge in [-0.1, -0.05) is 12.1 Å². The highest BCUT2D eigenvalue weighted by Crippen LogP contribution is 2.28. The molecule has 0 amide bonds. The van der Waals surface area contributed by atoms with Crippen molar-refractivity contribution in [3.8, 4) is 0 Å². The summed E-state index contributed by atoms with van der Waals surface area (Å²) in [5.74, 6) is -0.164. The number of benzene rings is 1. The van der Waals surface area contributed by atoms with Gasteiger partial charge in [0.2, 0.25) is 0 Å². The molecule has 0 saturated heterocycles. The molecule has 2 nitrogen and oxygen atoms in total. The lowest BCUT2D eigenvalue weighted by Crippen LogP contribution is -2.06. The number of hydrogen-bond acceptors (Lipinski definition) is 3. The molecule has 2 rings (SSSR count). The van der Waals surface area contributed by atoms with Crippen molar-refractivity contribution in [1.29, 1.82) is 0 Å². The van der Waals surface area contributed by atoms with Crippen LogP contribution in [0.2, 0.25) is 0 Å².